The molecule has 0 fully saturated rings. The molecule has 0 aliphatic rings. The number of hydrogen-bond donors (Lipinski definition) is 3. The summed E-state index contributed by atoms with van der Waals surface area (Å²) in [7, 11) is -4.46. The molecule has 17 heavy (non-hydrogen) atoms. The van der Waals surface area contributed by atoms with Gasteiger partial charge in [-0.1, -0.05) is 0 Å². The van der Waals surface area contributed by atoms with Crippen molar-refractivity contribution in [2.45, 2.75) is 0 Å². The number of amides is 1. The highest BCUT2D eigenvalue weighted by Gasteiger charge is 2.13. The predicted molar refractivity (Wildman–Crippen MR) is 69.5 cm³/mol. The zero-order valence-corrected chi connectivity index (χ0v) is 11.7. The van der Waals surface area contributed by atoms with Crippen molar-refractivity contribution in [3.8, 4) is 0 Å². The average molecular weight is 371 g/mol. The molecule has 0 atom stereocenters. The van der Waals surface area contributed by atoms with Crippen molar-refractivity contribution in [2.75, 3.05) is 13.2 Å². The van der Waals surface area contributed by atoms with Crippen LogP contribution in [-0.4, -0.2) is 28.8 Å². The van der Waals surface area contributed by atoms with E-state index in [-0.39, 0.29) is 19.1 Å². The fourth-order valence-electron chi connectivity index (χ4n) is 1.03. The molecule has 0 saturated heterocycles. The molecule has 0 aliphatic carbocycles. The predicted octanol–water partition coefficient (Wildman–Crippen LogP) is 1.13. The first-order chi connectivity index (χ1) is 7.88. The Morgan fingerprint density at radius 1 is 1.35 bits per heavy atom. The highest BCUT2D eigenvalue weighted by Crippen LogP contribution is 2.35. The summed E-state index contributed by atoms with van der Waals surface area (Å²) in [6, 6.07) is 6.92. The molecule has 6 nitrogen and oxygen atoms in total. The molecule has 0 spiro atoms. The van der Waals surface area contributed by atoms with Crippen LogP contribution in [0, 0.1) is 3.57 Å². The average Bonchev–Trinajstić information content (AvgIpc) is 2.24. The molecular formula is C9H11INO5P. The third-order valence-electron chi connectivity index (χ3n) is 1.75. The number of carbonyl (C=O) groups is 1. The van der Waals surface area contributed by atoms with Gasteiger partial charge in [0.1, 0.15) is 0 Å². The summed E-state index contributed by atoms with van der Waals surface area (Å²) in [4.78, 5) is 28.3. The monoisotopic (exact) mass is 371 g/mol. The molecule has 1 aromatic rings. The smallest absolute Gasteiger partial charge is 0.350 e. The van der Waals surface area contributed by atoms with E-state index in [1.807, 2.05) is 0 Å². The molecule has 0 aliphatic heterocycles. The van der Waals surface area contributed by atoms with Crippen LogP contribution in [0.15, 0.2) is 24.3 Å². The Bertz CT molecular complexity index is 430. The second kappa shape index (κ2) is 6.46. The Morgan fingerprint density at radius 2 is 1.94 bits per heavy atom. The van der Waals surface area contributed by atoms with Crippen LogP contribution in [0.3, 0.4) is 0 Å². The zero-order chi connectivity index (χ0) is 12.9. The maximum Gasteiger partial charge on any atom is 0.469 e. The van der Waals surface area contributed by atoms with Gasteiger partial charge < -0.3 is 15.1 Å². The molecule has 0 saturated carbocycles. The first kappa shape index (κ1) is 14.6. The quantitative estimate of drug-likeness (QED) is 0.410. The number of nitrogens with one attached hydrogen (secondary N) is 1. The van der Waals surface area contributed by atoms with Crippen LogP contribution in [-0.2, 0) is 9.09 Å². The topological polar surface area (TPSA) is 95.9 Å². The molecule has 0 bridgehead atoms. The second-order valence-electron chi connectivity index (χ2n) is 3.09. The zero-order valence-electron chi connectivity index (χ0n) is 8.67. The Balaban J connectivity index is 2.35. The number of rotatable bonds is 5. The number of phosphoric ester groups is 1. The van der Waals surface area contributed by atoms with Crippen molar-refractivity contribution >= 4 is 36.3 Å². The molecule has 1 aromatic carbocycles. The van der Waals surface area contributed by atoms with Crippen LogP contribution in [0.25, 0.3) is 0 Å². The van der Waals surface area contributed by atoms with Gasteiger partial charge in [0.15, 0.2) is 0 Å². The van der Waals surface area contributed by atoms with Gasteiger partial charge in [-0.05, 0) is 46.9 Å². The Hall–Kier alpha value is -0.470. The van der Waals surface area contributed by atoms with E-state index in [1.165, 1.54) is 0 Å². The number of hydrogen-bond acceptors (Lipinski definition) is 3. The van der Waals surface area contributed by atoms with Crippen molar-refractivity contribution in [1.29, 1.82) is 0 Å². The molecule has 8 heteroatoms. The lowest BCUT2D eigenvalue weighted by atomic mass is 10.2. The normalized spacial score (nSPS) is 11.2. The van der Waals surface area contributed by atoms with Crippen LogP contribution < -0.4 is 5.32 Å². The number of carbonyl (C=O) groups excluding carboxylic acids is 1. The van der Waals surface area contributed by atoms with Gasteiger partial charge in [-0.25, -0.2) is 4.57 Å². The summed E-state index contributed by atoms with van der Waals surface area (Å²) < 4.78 is 15.5. The van der Waals surface area contributed by atoms with Crippen LogP contribution in [0.1, 0.15) is 10.4 Å². The fourth-order valence-corrected chi connectivity index (χ4v) is 1.72. The molecule has 1 rings (SSSR count). The number of halogens is 1. The van der Waals surface area contributed by atoms with Crippen molar-refractivity contribution in [3.05, 3.63) is 33.4 Å². The number of benzene rings is 1. The van der Waals surface area contributed by atoms with E-state index < -0.39 is 7.82 Å². The molecule has 0 aromatic heterocycles. The van der Waals surface area contributed by atoms with Gasteiger partial charge in [0.2, 0.25) is 0 Å². The third-order valence-corrected chi connectivity index (χ3v) is 2.99. The summed E-state index contributed by atoms with van der Waals surface area (Å²) in [6.45, 7) is -0.198. The maximum atomic E-state index is 11.5. The van der Waals surface area contributed by atoms with Crippen LogP contribution in [0.4, 0.5) is 0 Å². The van der Waals surface area contributed by atoms with Crippen LogP contribution >= 0.6 is 30.4 Å². The lowest BCUT2D eigenvalue weighted by Gasteiger charge is -2.07. The van der Waals surface area contributed by atoms with Crippen molar-refractivity contribution in [1.82, 2.24) is 5.32 Å². The van der Waals surface area contributed by atoms with E-state index in [4.69, 9.17) is 9.79 Å². The summed E-state index contributed by atoms with van der Waals surface area (Å²) in [6.07, 6.45) is 0. The molecule has 0 radical (unpaired) electrons. The van der Waals surface area contributed by atoms with Crippen molar-refractivity contribution in [3.63, 3.8) is 0 Å². The fraction of sp³-hybridized carbons (Fsp3) is 0.222. The second-order valence-corrected chi connectivity index (χ2v) is 5.57. The Labute approximate surface area is 112 Å². The van der Waals surface area contributed by atoms with E-state index in [9.17, 15) is 9.36 Å². The minimum atomic E-state index is -4.46. The van der Waals surface area contributed by atoms with Gasteiger partial charge in [-0.2, -0.15) is 0 Å². The Kier molecular flexibility index (Phi) is 5.54. The first-order valence-electron chi connectivity index (χ1n) is 4.62. The van der Waals surface area contributed by atoms with Crippen LogP contribution in [0.2, 0.25) is 0 Å². The molecule has 3 N–H and O–H groups in total. The van der Waals surface area contributed by atoms with Crippen LogP contribution in [0.5, 0.6) is 0 Å². The summed E-state index contributed by atoms with van der Waals surface area (Å²) in [5.74, 6) is -0.310. The maximum absolute atomic E-state index is 11.5. The highest BCUT2D eigenvalue weighted by molar-refractivity contribution is 14.1. The van der Waals surface area contributed by atoms with Gasteiger partial charge in [0.25, 0.3) is 5.91 Å². The van der Waals surface area contributed by atoms with E-state index in [1.54, 1.807) is 24.3 Å². The van der Waals surface area contributed by atoms with Gasteiger partial charge in [0, 0.05) is 15.7 Å². The largest absolute Gasteiger partial charge is 0.469 e. The lowest BCUT2D eigenvalue weighted by Crippen LogP contribution is -2.26. The minimum Gasteiger partial charge on any atom is -0.350 e. The van der Waals surface area contributed by atoms with E-state index in [0.717, 1.165) is 3.57 Å². The molecule has 0 unspecified atom stereocenters. The van der Waals surface area contributed by atoms with Gasteiger partial charge >= 0.3 is 7.82 Å². The minimum absolute atomic E-state index is 0.0376. The number of phosphoric acid groups is 1. The molecular weight excluding hydrogens is 360 g/mol. The van der Waals surface area contributed by atoms with Gasteiger partial charge in [0.05, 0.1) is 6.61 Å². The third kappa shape index (κ3) is 6.13. The first-order valence-corrected chi connectivity index (χ1v) is 7.23. The molecule has 0 heterocycles. The Morgan fingerprint density at radius 3 is 2.47 bits per heavy atom. The highest BCUT2D eigenvalue weighted by atomic mass is 127. The lowest BCUT2D eigenvalue weighted by molar-refractivity contribution is 0.0941. The van der Waals surface area contributed by atoms with Gasteiger partial charge in [-0.3, -0.25) is 9.32 Å². The molecule has 94 valence electrons. The summed E-state index contributed by atoms with van der Waals surface area (Å²) >= 11 is 2.13. The van der Waals surface area contributed by atoms with Gasteiger partial charge in [-0.15, -0.1) is 0 Å². The summed E-state index contributed by atoms with van der Waals surface area (Å²) in [5.41, 5.74) is 0.488. The van der Waals surface area contributed by atoms with E-state index >= 15 is 0 Å². The van der Waals surface area contributed by atoms with E-state index in [2.05, 4.69) is 32.4 Å². The molecule has 1 amide bonds. The SMILES string of the molecule is O=C(NCCOP(=O)(O)O)c1ccc(I)cc1. The van der Waals surface area contributed by atoms with Crippen molar-refractivity contribution in [2.24, 2.45) is 0 Å². The summed E-state index contributed by atoms with van der Waals surface area (Å²) in [5, 5.41) is 2.48. The van der Waals surface area contributed by atoms with Crippen molar-refractivity contribution < 1.29 is 23.7 Å². The standard InChI is InChI=1S/C9H11INO5P/c10-8-3-1-7(2-4-8)9(12)11-5-6-16-17(13,14)15/h1-4H,5-6H2,(H,11,12)(H2,13,14,15). The van der Waals surface area contributed by atoms with E-state index in [0.29, 0.717) is 5.56 Å².